The summed E-state index contributed by atoms with van der Waals surface area (Å²) >= 11 is 1.31. The summed E-state index contributed by atoms with van der Waals surface area (Å²) in [5, 5.41) is 16.8. The van der Waals surface area contributed by atoms with E-state index in [1.54, 1.807) is 44.2 Å². The van der Waals surface area contributed by atoms with E-state index in [0.717, 1.165) is 4.90 Å². The largest absolute Gasteiger partial charge is 1.00 e. The molecule has 0 aliphatic carbocycles. The van der Waals surface area contributed by atoms with Gasteiger partial charge in [-0.05, 0) is 19.4 Å². The Morgan fingerprint density at radius 3 is 2.45 bits per heavy atom. The summed E-state index contributed by atoms with van der Waals surface area (Å²) in [5.41, 5.74) is 0.476. The number of nitrogens with zero attached hydrogens (tertiary/aromatic N) is 2. The zero-order chi connectivity index (χ0) is 23.2. The standard InChI is InChI=1S/C20H23N5O6S.Na/c1-20(2)13(17(28)29)25-15(27)12(16(25)32-20)22-14(26)11(10-6-4-3-5-7-10)23-19(31)24-9-8-21-18(24)30;/h3-7,11-13,16H,8-9H2,1-2H3,(H,21,30)(H,22,26)(H,23,31)(H,28,29);/q;+1/t11-,12-,13?,16-;/m1./s1. The van der Waals surface area contributed by atoms with Crippen molar-refractivity contribution in [3.63, 3.8) is 0 Å². The van der Waals surface area contributed by atoms with E-state index < -0.39 is 58.1 Å². The molecule has 4 N–H and O–H groups in total. The second kappa shape index (κ2) is 9.53. The number of carbonyl (C=O) groups is 5. The van der Waals surface area contributed by atoms with Gasteiger partial charge in [0.25, 0.3) is 0 Å². The number of urea groups is 2. The van der Waals surface area contributed by atoms with E-state index in [1.165, 1.54) is 16.7 Å². The van der Waals surface area contributed by atoms with Gasteiger partial charge in [-0.25, -0.2) is 19.3 Å². The number of thioether (sulfide) groups is 1. The van der Waals surface area contributed by atoms with Crippen molar-refractivity contribution in [3.8, 4) is 0 Å². The number of β-lactam (4-membered cyclic amide) rings is 1. The van der Waals surface area contributed by atoms with Crippen molar-refractivity contribution >= 4 is 41.6 Å². The maximum atomic E-state index is 13.1. The van der Waals surface area contributed by atoms with Crippen LogP contribution in [0.1, 0.15) is 25.5 Å². The van der Waals surface area contributed by atoms with Gasteiger partial charge in [-0.1, -0.05) is 30.3 Å². The van der Waals surface area contributed by atoms with Crippen LogP contribution in [0.4, 0.5) is 9.59 Å². The van der Waals surface area contributed by atoms with Gasteiger partial charge in [0.15, 0.2) is 0 Å². The van der Waals surface area contributed by atoms with Crippen molar-refractivity contribution in [2.45, 2.75) is 42.1 Å². The third-order valence-electron chi connectivity index (χ3n) is 5.74. The normalized spacial score (nSPS) is 25.8. The van der Waals surface area contributed by atoms with Crippen LogP contribution in [0.3, 0.4) is 0 Å². The van der Waals surface area contributed by atoms with Crippen LogP contribution in [0.15, 0.2) is 30.3 Å². The Bertz CT molecular complexity index is 992. The number of imide groups is 1. The maximum absolute atomic E-state index is 13.1. The third-order valence-corrected chi connectivity index (χ3v) is 7.31. The summed E-state index contributed by atoms with van der Waals surface area (Å²) < 4.78 is -0.720. The molecule has 3 saturated heterocycles. The molecular formula is C20H23N5NaO6S+. The minimum atomic E-state index is -1.14. The first kappa shape index (κ1) is 25.3. The van der Waals surface area contributed by atoms with Gasteiger partial charge in [0.1, 0.15) is 23.5 Å². The molecule has 0 radical (unpaired) electrons. The van der Waals surface area contributed by atoms with E-state index in [-0.39, 0.29) is 36.1 Å². The molecule has 1 aromatic rings. The van der Waals surface area contributed by atoms with Crippen LogP contribution < -0.4 is 45.5 Å². The summed E-state index contributed by atoms with van der Waals surface area (Å²) in [6, 6.07) is 4.14. The molecule has 1 unspecified atom stereocenters. The van der Waals surface area contributed by atoms with Gasteiger partial charge >= 0.3 is 47.6 Å². The Hall–Kier alpha value is -2.28. The number of amides is 6. The van der Waals surface area contributed by atoms with Gasteiger partial charge < -0.3 is 26.0 Å². The molecule has 0 saturated carbocycles. The summed E-state index contributed by atoms with van der Waals surface area (Å²) in [6.07, 6.45) is 0. The van der Waals surface area contributed by atoms with Crippen molar-refractivity contribution in [2.75, 3.05) is 13.1 Å². The SMILES string of the molecule is CC1(C)S[C@@H]2[C@H](NC(=O)[C@H](NC(=O)N3CCNC3=O)c3ccccc3)C(=O)N2C1C(=O)O.[Na+]. The molecule has 1 aromatic carbocycles. The number of hydrogen-bond acceptors (Lipinski definition) is 6. The molecule has 33 heavy (non-hydrogen) atoms. The molecule has 3 fully saturated rings. The molecule has 4 rings (SSSR count). The zero-order valence-electron chi connectivity index (χ0n) is 18.4. The minimum absolute atomic E-state index is 0. The molecule has 13 heteroatoms. The van der Waals surface area contributed by atoms with Crippen molar-refractivity contribution in [2.24, 2.45) is 0 Å². The Kier molecular flexibility index (Phi) is 7.32. The minimum Gasteiger partial charge on any atom is -0.480 e. The fourth-order valence-electron chi connectivity index (χ4n) is 4.19. The summed E-state index contributed by atoms with van der Waals surface area (Å²) in [6.45, 7) is 3.98. The summed E-state index contributed by atoms with van der Waals surface area (Å²) in [4.78, 5) is 64.2. The van der Waals surface area contributed by atoms with Crippen LogP contribution in [0.25, 0.3) is 0 Å². The number of benzene rings is 1. The molecule has 170 valence electrons. The predicted octanol–water partition coefficient (Wildman–Crippen LogP) is -2.90. The van der Waals surface area contributed by atoms with E-state index >= 15 is 0 Å². The van der Waals surface area contributed by atoms with Crippen molar-refractivity contribution in [1.29, 1.82) is 0 Å². The molecule has 4 atom stereocenters. The Morgan fingerprint density at radius 1 is 1.21 bits per heavy atom. The van der Waals surface area contributed by atoms with Gasteiger partial charge in [-0.2, -0.15) is 0 Å². The monoisotopic (exact) mass is 484 g/mol. The average Bonchev–Trinajstić information content (AvgIpc) is 3.29. The van der Waals surface area contributed by atoms with Crippen LogP contribution in [-0.4, -0.2) is 80.0 Å². The Balaban J connectivity index is 0.00000306. The topological polar surface area (TPSA) is 148 Å². The first-order valence-electron chi connectivity index (χ1n) is 10.1. The van der Waals surface area contributed by atoms with Crippen molar-refractivity contribution in [3.05, 3.63) is 35.9 Å². The molecule has 0 aromatic heterocycles. The first-order valence-corrected chi connectivity index (χ1v) is 10.9. The van der Waals surface area contributed by atoms with Crippen molar-refractivity contribution in [1.82, 2.24) is 25.8 Å². The number of nitrogens with one attached hydrogen (secondary N) is 3. The van der Waals surface area contributed by atoms with Gasteiger partial charge in [-0.3, -0.25) is 9.59 Å². The van der Waals surface area contributed by atoms with E-state index in [9.17, 15) is 29.1 Å². The van der Waals surface area contributed by atoms with E-state index in [1.807, 2.05) is 0 Å². The van der Waals surface area contributed by atoms with Gasteiger partial charge in [0, 0.05) is 17.8 Å². The number of aliphatic carboxylic acids is 1. The summed E-state index contributed by atoms with van der Waals surface area (Å²) in [5.74, 6) is -2.20. The van der Waals surface area contributed by atoms with E-state index in [0.29, 0.717) is 12.1 Å². The molecule has 3 aliphatic heterocycles. The second-order valence-corrected chi connectivity index (χ2v) is 10.0. The number of carbonyl (C=O) groups excluding carboxylic acids is 4. The van der Waals surface area contributed by atoms with Crippen LogP contribution in [0, 0.1) is 0 Å². The molecule has 11 nitrogen and oxygen atoms in total. The zero-order valence-corrected chi connectivity index (χ0v) is 21.2. The molecule has 6 amide bonds. The Morgan fingerprint density at radius 2 is 1.88 bits per heavy atom. The van der Waals surface area contributed by atoms with E-state index in [2.05, 4.69) is 16.0 Å². The third kappa shape index (κ3) is 4.57. The number of carboxylic acids is 1. The molecular weight excluding hydrogens is 461 g/mol. The quantitative estimate of drug-likeness (QED) is 0.259. The first-order chi connectivity index (χ1) is 15.1. The maximum Gasteiger partial charge on any atom is 1.00 e. The molecule has 3 heterocycles. The predicted molar refractivity (Wildman–Crippen MR) is 113 cm³/mol. The average molecular weight is 484 g/mol. The van der Waals surface area contributed by atoms with Gasteiger partial charge in [-0.15, -0.1) is 11.8 Å². The molecule has 3 aliphatic rings. The second-order valence-electron chi connectivity index (χ2n) is 8.26. The smallest absolute Gasteiger partial charge is 0.480 e. The van der Waals surface area contributed by atoms with E-state index in [4.69, 9.17) is 0 Å². The number of rotatable bonds is 5. The number of fused-ring (bicyclic) bond motifs is 1. The Labute approximate surface area is 216 Å². The fraction of sp³-hybridized carbons (Fsp3) is 0.450. The molecule has 0 bridgehead atoms. The van der Waals surface area contributed by atoms with Crippen molar-refractivity contribution < 1.29 is 58.6 Å². The fourth-order valence-corrected chi connectivity index (χ4v) is 5.82. The number of carboxylic acid groups (broad SMARTS) is 1. The van der Waals surface area contributed by atoms with Gasteiger partial charge in [0.05, 0.1) is 0 Å². The van der Waals surface area contributed by atoms with Crippen LogP contribution in [-0.2, 0) is 14.4 Å². The van der Waals surface area contributed by atoms with Crippen LogP contribution in [0.2, 0.25) is 0 Å². The number of hydrogen-bond donors (Lipinski definition) is 4. The summed E-state index contributed by atoms with van der Waals surface area (Å²) in [7, 11) is 0. The van der Waals surface area contributed by atoms with Crippen LogP contribution >= 0.6 is 11.8 Å². The van der Waals surface area contributed by atoms with Gasteiger partial charge in [0.2, 0.25) is 11.8 Å². The molecule has 0 spiro atoms. The van der Waals surface area contributed by atoms with Crippen LogP contribution in [0.5, 0.6) is 0 Å².